The van der Waals surface area contributed by atoms with Gasteiger partial charge in [0.2, 0.25) is 5.91 Å². The Hall–Kier alpha value is -1.85. The summed E-state index contributed by atoms with van der Waals surface area (Å²) in [5.74, 6) is 1.75. The zero-order valence-corrected chi connectivity index (χ0v) is 18.7. The molecule has 2 aliphatic rings. The third-order valence-corrected chi connectivity index (χ3v) is 7.67. The van der Waals surface area contributed by atoms with E-state index < -0.39 is 0 Å². The minimum absolute atomic E-state index is 0.0907. The van der Waals surface area contributed by atoms with Gasteiger partial charge in [-0.2, -0.15) is 5.26 Å². The molecular formula is C21H27N5OS2. The second kappa shape index (κ2) is 8.88. The van der Waals surface area contributed by atoms with Crippen LogP contribution in [0.25, 0.3) is 0 Å². The van der Waals surface area contributed by atoms with E-state index in [1.807, 2.05) is 0 Å². The predicted octanol–water partition coefficient (Wildman–Crippen LogP) is 5.06. The SMILES string of the molecule is CC(C)n1c(SCC(=O)Nc2sc3c(c2C#N)CCCCCC3)nnc1C1CC1. The van der Waals surface area contributed by atoms with E-state index in [4.69, 9.17) is 0 Å². The molecule has 1 amide bonds. The molecule has 0 aromatic carbocycles. The molecule has 2 aliphatic carbocycles. The van der Waals surface area contributed by atoms with Crippen LogP contribution in [0.3, 0.4) is 0 Å². The van der Waals surface area contributed by atoms with Gasteiger partial charge >= 0.3 is 0 Å². The van der Waals surface area contributed by atoms with E-state index >= 15 is 0 Å². The Morgan fingerprint density at radius 1 is 1.28 bits per heavy atom. The van der Waals surface area contributed by atoms with Gasteiger partial charge in [0, 0.05) is 16.8 Å². The summed E-state index contributed by atoms with van der Waals surface area (Å²) in [7, 11) is 0. The molecule has 2 heterocycles. The van der Waals surface area contributed by atoms with Gasteiger partial charge in [0.25, 0.3) is 0 Å². The zero-order chi connectivity index (χ0) is 20.4. The highest BCUT2D eigenvalue weighted by atomic mass is 32.2. The second-order valence-corrected chi connectivity index (χ2v) is 10.2. The molecule has 2 aromatic heterocycles. The molecule has 4 rings (SSSR count). The lowest BCUT2D eigenvalue weighted by atomic mass is 9.97. The fourth-order valence-electron chi connectivity index (χ4n) is 3.91. The average Bonchev–Trinajstić information content (AvgIpc) is 3.35. The molecule has 1 fully saturated rings. The molecule has 1 N–H and O–H groups in total. The number of amides is 1. The Balaban J connectivity index is 1.44. The van der Waals surface area contributed by atoms with Gasteiger partial charge in [-0.3, -0.25) is 4.79 Å². The number of aryl methyl sites for hydroxylation is 1. The van der Waals surface area contributed by atoms with Crippen LogP contribution in [0.4, 0.5) is 5.00 Å². The highest BCUT2D eigenvalue weighted by Crippen LogP contribution is 2.41. The third-order valence-electron chi connectivity index (χ3n) is 5.52. The number of rotatable bonds is 6. The van der Waals surface area contributed by atoms with Crippen molar-refractivity contribution in [2.45, 2.75) is 82.3 Å². The van der Waals surface area contributed by atoms with Crippen LogP contribution in [0.2, 0.25) is 0 Å². The molecule has 0 unspecified atom stereocenters. The highest BCUT2D eigenvalue weighted by molar-refractivity contribution is 7.99. The molecule has 0 bridgehead atoms. The van der Waals surface area contributed by atoms with Crippen LogP contribution in [0.1, 0.15) is 86.2 Å². The van der Waals surface area contributed by atoms with Gasteiger partial charge in [0.1, 0.15) is 16.9 Å². The van der Waals surface area contributed by atoms with E-state index in [1.54, 1.807) is 11.3 Å². The van der Waals surface area contributed by atoms with Crippen molar-refractivity contribution in [3.05, 3.63) is 21.8 Å². The number of carbonyl (C=O) groups is 1. The van der Waals surface area contributed by atoms with Gasteiger partial charge in [0.05, 0.1) is 11.3 Å². The number of fused-ring (bicyclic) bond motifs is 1. The van der Waals surface area contributed by atoms with E-state index in [-0.39, 0.29) is 17.7 Å². The van der Waals surface area contributed by atoms with Crippen molar-refractivity contribution in [3.63, 3.8) is 0 Å². The number of nitrogens with one attached hydrogen (secondary N) is 1. The Morgan fingerprint density at radius 3 is 2.72 bits per heavy atom. The molecule has 0 aliphatic heterocycles. The number of nitrogens with zero attached hydrogens (tertiary/aromatic N) is 4. The van der Waals surface area contributed by atoms with Gasteiger partial charge in [-0.15, -0.1) is 21.5 Å². The van der Waals surface area contributed by atoms with Crippen molar-refractivity contribution in [1.82, 2.24) is 14.8 Å². The number of hydrogen-bond acceptors (Lipinski definition) is 6. The van der Waals surface area contributed by atoms with Gasteiger partial charge in [-0.25, -0.2) is 0 Å². The van der Waals surface area contributed by atoms with Gasteiger partial charge in [-0.1, -0.05) is 24.6 Å². The van der Waals surface area contributed by atoms with Gasteiger partial charge in [-0.05, 0) is 57.9 Å². The number of anilines is 1. The number of hydrogen-bond donors (Lipinski definition) is 1. The predicted molar refractivity (Wildman–Crippen MR) is 117 cm³/mol. The molecule has 29 heavy (non-hydrogen) atoms. The maximum atomic E-state index is 12.6. The van der Waals surface area contributed by atoms with Crippen LogP contribution < -0.4 is 5.32 Å². The van der Waals surface area contributed by atoms with Crippen molar-refractivity contribution in [2.24, 2.45) is 0 Å². The van der Waals surface area contributed by atoms with Crippen LogP contribution in [-0.4, -0.2) is 26.4 Å². The lowest BCUT2D eigenvalue weighted by molar-refractivity contribution is -0.113. The van der Waals surface area contributed by atoms with E-state index in [2.05, 4.69) is 40.0 Å². The maximum absolute atomic E-state index is 12.6. The number of carbonyl (C=O) groups excluding carboxylic acids is 1. The highest BCUT2D eigenvalue weighted by Gasteiger charge is 2.31. The standard InChI is InChI=1S/C21H27N5OS2/c1-13(2)26-19(14-9-10-14)24-25-21(26)28-12-18(27)23-20-16(11-22)15-7-5-3-4-6-8-17(15)29-20/h13-14H,3-10,12H2,1-2H3,(H,23,27). The molecule has 154 valence electrons. The largest absolute Gasteiger partial charge is 0.316 e. The van der Waals surface area contributed by atoms with Crippen LogP contribution >= 0.6 is 23.1 Å². The van der Waals surface area contributed by atoms with E-state index in [9.17, 15) is 10.1 Å². The summed E-state index contributed by atoms with van der Waals surface area (Å²) >= 11 is 3.01. The number of aromatic nitrogens is 3. The summed E-state index contributed by atoms with van der Waals surface area (Å²) in [5, 5.41) is 22.9. The van der Waals surface area contributed by atoms with Gasteiger partial charge in [0.15, 0.2) is 5.16 Å². The number of thiophene rings is 1. The maximum Gasteiger partial charge on any atom is 0.235 e. The summed E-state index contributed by atoms with van der Waals surface area (Å²) in [6, 6.07) is 2.61. The molecule has 1 saturated carbocycles. The Morgan fingerprint density at radius 2 is 2.03 bits per heavy atom. The molecular weight excluding hydrogens is 402 g/mol. The fourth-order valence-corrected chi connectivity index (χ4v) is 6.04. The zero-order valence-electron chi connectivity index (χ0n) is 17.0. The molecule has 2 aromatic rings. The summed E-state index contributed by atoms with van der Waals surface area (Å²) < 4.78 is 2.16. The Kier molecular flexibility index (Phi) is 6.26. The monoisotopic (exact) mass is 429 g/mol. The Bertz CT molecular complexity index is 936. The smallest absolute Gasteiger partial charge is 0.235 e. The van der Waals surface area contributed by atoms with E-state index in [0.717, 1.165) is 42.2 Å². The fraction of sp³-hybridized carbons (Fsp3) is 0.619. The number of thioether (sulfide) groups is 1. The second-order valence-electron chi connectivity index (χ2n) is 8.15. The minimum atomic E-state index is -0.0907. The molecule has 0 spiro atoms. The van der Waals surface area contributed by atoms with Gasteiger partial charge < -0.3 is 9.88 Å². The van der Waals surface area contributed by atoms with Crippen LogP contribution in [0.15, 0.2) is 5.16 Å². The average molecular weight is 430 g/mol. The van der Waals surface area contributed by atoms with Crippen molar-refractivity contribution >= 4 is 34.0 Å². The van der Waals surface area contributed by atoms with E-state index in [1.165, 1.54) is 42.3 Å². The van der Waals surface area contributed by atoms with Crippen LogP contribution in [0.5, 0.6) is 0 Å². The van der Waals surface area contributed by atoms with Crippen molar-refractivity contribution < 1.29 is 4.79 Å². The molecule has 0 radical (unpaired) electrons. The summed E-state index contributed by atoms with van der Waals surface area (Å²) in [5.41, 5.74) is 1.83. The first-order valence-corrected chi connectivity index (χ1v) is 12.3. The summed E-state index contributed by atoms with van der Waals surface area (Å²) in [6.45, 7) is 4.25. The molecule has 8 heteroatoms. The molecule has 0 saturated heterocycles. The van der Waals surface area contributed by atoms with Crippen molar-refractivity contribution in [1.29, 1.82) is 5.26 Å². The first-order valence-electron chi connectivity index (χ1n) is 10.5. The van der Waals surface area contributed by atoms with Crippen LogP contribution in [-0.2, 0) is 17.6 Å². The van der Waals surface area contributed by atoms with Crippen LogP contribution in [0, 0.1) is 11.3 Å². The quantitative estimate of drug-likeness (QED) is 0.649. The first kappa shape index (κ1) is 20.4. The summed E-state index contributed by atoms with van der Waals surface area (Å²) in [6.07, 6.45) is 9.06. The third kappa shape index (κ3) is 4.51. The van der Waals surface area contributed by atoms with E-state index in [0.29, 0.717) is 16.5 Å². The summed E-state index contributed by atoms with van der Waals surface area (Å²) in [4.78, 5) is 13.9. The molecule has 0 atom stereocenters. The number of nitriles is 1. The topological polar surface area (TPSA) is 83.6 Å². The lowest BCUT2D eigenvalue weighted by Crippen LogP contribution is -2.15. The van der Waals surface area contributed by atoms with Crippen molar-refractivity contribution in [3.8, 4) is 6.07 Å². The van der Waals surface area contributed by atoms with Crippen molar-refractivity contribution in [2.75, 3.05) is 11.1 Å². The molecule has 6 nitrogen and oxygen atoms in total. The first-order chi connectivity index (χ1) is 14.1. The normalized spacial score (nSPS) is 16.8. The lowest BCUT2D eigenvalue weighted by Gasteiger charge is -2.13. The Labute approximate surface area is 180 Å². The minimum Gasteiger partial charge on any atom is -0.316 e.